The van der Waals surface area contributed by atoms with Gasteiger partial charge >= 0.3 is 5.56 Å². The number of benzene rings is 2. The SMILES string of the molecule is [B]c1ccc(Oc2c(Cl)cnn(-c3ccc(Cl)cc3)c2=O)cc1. The zero-order valence-corrected chi connectivity index (χ0v) is 13.3. The van der Waals surface area contributed by atoms with Crippen molar-refractivity contribution in [2.45, 2.75) is 0 Å². The average Bonchev–Trinajstić information content (AvgIpc) is 2.54. The maximum Gasteiger partial charge on any atom is 0.316 e. The van der Waals surface area contributed by atoms with Crippen molar-refractivity contribution >= 4 is 36.5 Å². The fourth-order valence-electron chi connectivity index (χ4n) is 1.93. The van der Waals surface area contributed by atoms with Gasteiger partial charge in [0.1, 0.15) is 18.6 Å². The highest BCUT2D eigenvalue weighted by molar-refractivity contribution is 6.32. The third-order valence-corrected chi connectivity index (χ3v) is 3.58. The molecular weight excluding hydrogens is 334 g/mol. The van der Waals surface area contributed by atoms with Crippen molar-refractivity contribution in [1.29, 1.82) is 0 Å². The summed E-state index contributed by atoms with van der Waals surface area (Å²) in [6.45, 7) is 0. The van der Waals surface area contributed by atoms with Gasteiger partial charge in [0.05, 0.1) is 11.9 Å². The van der Waals surface area contributed by atoms with Crippen LogP contribution in [0.4, 0.5) is 0 Å². The Morgan fingerprint density at radius 2 is 1.65 bits per heavy atom. The van der Waals surface area contributed by atoms with Crippen LogP contribution in [0.5, 0.6) is 11.5 Å². The molecule has 3 aromatic rings. The highest BCUT2D eigenvalue weighted by atomic mass is 35.5. The maximum atomic E-state index is 12.6. The Balaban J connectivity index is 2.03. The maximum absolute atomic E-state index is 12.6. The van der Waals surface area contributed by atoms with Crippen LogP contribution in [0.2, 0.25) is 10.0 Å². The number of rotatable bonds is 3. The van der Waals surface area contributed by atoms with Crippen LogP contribution in [0.15, 0.2) is 59.5 Å². The second-order valence-corrected chi connectivity index (χ2v) is 5.53. The number of aromatic nitrogens is 2. The minimum atomic E-state index is -0.475. The summed E-state index contributed by atoms with van der Waals surface area (Å²) in [5.41, 5.74) is 0.673. The van der Waals surface area contributed by atoms with Crippen LogP contribution < -0.4 is 15.8 Å². The molecule has 1 heterocycles. The standard InChI is InChI=1S/C16H9BCl2N2O2/c17-10-1-7-13(8-2-10)23-15-14(19)9-20-21(16(15)22)12-5-3-11(18)4-6-12/h1-9H. The van der Waals surface area contributed by atoms with Crippen molar-refractivity contribution in [2.75, 3.05) is 0 Å². The van der Waals surface area contributed by atoms with E-state index in [0.29, 0.717) is 21.9 Å². The smallest absolute Gasteiger partial charge is 0.316 e. The molecule has 0 amide bonds. The topological polar surface area (TPSA) is 44.1 Å². The van der Waals surface area contributed by atoms with E-state index in [4.69, 9.17) is 35.8 Å². The van der Waals surface area contributed by atoms with Gasteiger partial charge in [-0.05, 0) is 36.4 Å². The largest absolute Gasteiger partial charge is 0.450 e. The van der Waals surface area contributed by atoms with Crippen LogP contribution in [-0.4, -0.2) is 17.6 Å². The average molecular weight is 343 g/mol. The molecule has 112 valence electrons. The van der Waals surface area contributed by atoms with Gasteiger partial charge in [0, 0.05) is 5.02 Å². The van der Waals surface area contributed by atoms with Crippen LogP contribution >= 0.6 is 23.2 Å². The predicted octanol–water partition coefficient (Wildman–Crippen LogP) is 3.13. The summed E-state index contributed by atoms with van der Waals surface area (Å²) < 4.78 is 6.78. The summed E-state index contributed by atoms with van der Waals surface area (Å²) in [4.78, 5) is 12.6. The zero-order chi connectivity index (χ0) is 16.4. The van der Waals surface area contributed by atoms with Crippen LogP contribution in [0.1, 0.15) is 0 Å². The van der Waals surface area contributed by atoms with E-state index >= 15 is 0 Å². The Hall–Kier alpha value is -2.24. The van der Waals surface area contributed by atoms with E-state index in [1.807, 2.05) is 0 Å². The monoisotopic (exact) mass is 342 g/mol. The fraction of sp³-hybridized carbons (Fsp3) is 0. The Bertz CT molecular complexity index is 893. The Labute approximate surface area is 143 Å². The molecule has 0 N–H and O–H groups in total. The molecule has 4 nitrogen and oxygen atoms in total. The third kappa shape index (κ3) is 3.41. The van der Waals surface area contributed by atoms with Gasteiger partial charge in [-0.25, -0.2) is 0 Å². The summed E-state index contributed by atoms with van der Waals surface area (Å²) >= 11 is 11.9. The third-order valence-electron chi connectivity index (χ3n) is 3.06. The first-order valence-electron chi connectivity index (χ1n) is 6.62. The molecule has 0 bridgehead atoms. The van der Waals surface area contributed by atoms with E-state index in [2.05, 4.69) is 5.10 Å². The lowest BCUT2D eigenvalue weighted by Crippen LogP contribution is -2.22. The number of nitrogens with zero attached hydrogens (tertiary/aromatic N) is 2. The van der Waals surface area contributed by atoms with Crippen molar-refractivity contribution in [1.82, 2.24) is 9.78 Å². The number of halogens is 2. The Morgan fingerprint density at radius 1 is 1.00 bits per heavy atom. The number of hydrogen-bond acceptors (Lipinski definition) is 3. The lowest BCUT2D eigenvalue weighted by atomic mass is 9.97. The molecule has 1 aromatic heterocycles. The van der Waals surface area contributed by atoms with E-state index < -0.39 is 5.56 Å². The normalized spacial score (nSPS) is 10.5. The van der Waals surface area contributed by atoms with Crippen molar-refractivity contribution < 1.29 is 4.74 Å². The van der Waals surface area contributed by atoms with Crippen molar-refractivity contribution in [3.05, 3.63) is 75.1 Å². The molecule has 0 unspecified atom stereocenters. The van der Waals surface area contributed by atoms with Gasteiger partial charge in [-0.1, -0.05) is 40.8 Å². The molecule has 2 radical (unpaired) electrons. The molecule has 3 rings (SSSR count). The molecule has 2 aromatic carbocycles. The van der Waals surface area contributed by atoms with Gasteiger partial charge in [-0.15, -0.1) is 0 Å². The van der Waals surface area contributed by atoms with Gasteiger partial charge in [0.15, 0.2) is 0 Å². The molecule has 0 aliphatic carbocycles. The molecule has 23 heavy (non-hydrogen) atoms. The first kappa shape index (κ1) is 15.7. The second kappa shape index (κ2) is 6.48. The van der Waals surface area contributed by atoms with Gasteiger partial charge in [0.2, 0.25) is 5.75 Å². The van der Waals surface area contributed by atoms with E-state index in [-0.39, 0.29) is 10.8 Å². The van der Waals surface area contributed by atoms with Crippen LogP contribution in [0.3, 0.4) is 0 Å². The molecule has 7 heteroatoms. The second-order valence-electron chi connectivity index (χ2n) is 4.69. The van der Waals surface area contributed by atoms with E-state index in [1.165, 1.54) is 10.9 Å². The quantitative estimate of drug-likeness (QED) is 0.687. The summed E-state index contributed by atoms with van der Waals surface area (Å²) in [5, 5.41) is 4.71. The van der Waals surface area contributed by atoms with E-state index in [0.717, 1.165) is 0 Å². The first-order valence-corrected chi connectivity index (χ1v) is 7.37. The lowest BCUT2D eigenvalue weighted by molar-refractivity contribution is 0.468. The van der Waals surface area contributed by atoms with Crippen LogP contribution in [-0.2, 0) is 0 Å². The molecular formula is C16H9BCl2N2O2. The molecule has 0 saturated carbocycles. The Kier molecular flexibility index (Phi) is 4.41. The minimum Gasteiger partial charge on any atom is -0.450 e. The zero-order valence-electron chi connectivity index (χ0n) is 11.7. The first-order chi connectivity index (χ1) is 11.0. The summed E-state index contributed by atoms with van der Waals surface area (Å²) in [6.07, 6.45) is 1.35. The van der Waals surface area contributed by atoms with Gasteiger partial charge < -0.3 is 4.74 Å². The molecule has 0 aliphatic rings. The molecule has 0 aliphatic heterocycles. The van der Waals surface area contributed by atoms with Crippen molar-refractivity contribution in [2.24, 2.45) is 0 Å². The van der Waals surface area contributed by atoms with E-state index in [9.17, 15) is 4.79 Å². The summed E-state index contributed by atoms with van der Waals surface area (Å²) in [7, 11) is 5.62. The molecule has 0 spiro atoms. The van der Waals surface area contributed by atoms with E-state index in [1.54, 1.807) is 48.5 Å². The highest BCUT2D eigenvalue weighted by Crippen LogP contribution is 2.25. The molecule has 0 fully saturated rings. The Morgan fingerprint density at radius 3 is 2.30 bits per heavy atom. The van der Waals surface area contributed by atoms with Gasteiger partial charge in [-0.3, -0.25) is 4.79 Å². The van der Waals surface area contributed by atoms with Crippen LogP contribution in [0.25, 0.3) is 5.69 Å². The minimum absolute atomic E-state index is 0.0126. The predicted molar refractivity (Wildman–Crippen MR) is 91.8 cm³/mol. The summed E-state index contributed by atoms with van der Waals surface area (Å²) in [5.74, 6) is 0.438. The van der Waals surface area contributed by atoms with Crippen molar-refractivity contribution in [3.8, 4) is 17.2 Å². The fourth-order valence-corrected chi connectivity index (χ4v) is 2.22. The van der Waals surface area contributed by atoms with Crippen LogP contribution in [0, 0.1) is 0 Å². The van der Waals surface area contributed by atoms with Crippen molar-refractivity contribution in [3.63, 3.8) is 0 Å². The lowest BCUT2D eigenvalue weighted by Gasteiger charge is -2.10. The molecule has 0 saturated heterocycles. The van der Waals surface area contributed by atoms with Gasteiger partial charge in [-0.2, -0.15) is 9.78 Å². The molecule has 0 atom stereocenters. The number of hydrogen-bond donors (Lipinski definition) is 0. The summed E-state index contributed by atoms with van der Waals surface area (Å²) in [6, 6.07) is 13.3. The number of ether oxygens (including phenoxy) is 1. The van der Waals surface area contributed by atoms with Gasteiger partial charge in [0.25, 0.3) is 0 Å². The highest BCUT2D eigenvalue weighted by Gasteiger charge is 2.13.